The Hall–Kier alpha value is -4.20. The van der Waals surface area contributed by atoms with Crippen LogP contribution in [0.4, 0.5) is 5.82 Å². The number of aliphatic hydroxyl groups is 2. The molecule has 0 bridgehead atoms. The molecule has 1 saturated heterocycles. The number of phosphoric ester groups is 3. The molecule has 0 spiro atoms. The van der Waals surface area contributed by atoms with E-state index in [1.807, 2.05) is 36.4 Å². The van der Waals surface area contributed by atoms with Crippen LogP contribution < -0.4 is 21.1 Å². The smallest absolute Gasteiger partial charge is 0.457 e. The number of thioether (sulfide) groups is 1. The van der Waals surface area contributed by atoms with E-state index in [0.717, 1.165) is 34.5 Å². The molecular weight excluding hydrogens is 943 g/mol. The number of nitrogen functional groups attached to an aromatic ring is 1. The van der Waals surface area contributed by atoms with E-state index < -0.39 is 90.5 Å². The average molecular weight is 992 g/mol. The Labute approximate surface area is 374 Å². The van der Waals surface area contributed by atoms with Crippen molar-refractivity contribution in [3.8, 4) is 11.5 Å². The molecule has 29 heteroatoms. The molecule has 3 heterocycles. The topological polar surface area (TPSA) is 373 Å². The van der Waals surface area contributed by atoms with Gasteiger partial charge in [0.05, 0.1) is 25.5 Å². The van der Waals surface area contributed by atoms with Crippen LogP contribution >= 0.6 is 35.2 Å². The third kappa shape index (κ3) is 14.9. The molecule has 25 nitrogen and oxygen atoms in total. The largest absolute Gasteiger partial charge is 0.481 e. The zero-order valence-electron chi connectivity index (χ0n) is 34.8. The highest BCUT2D eigenvalue weighted by Crippen LogP contribution is 2.61. The van der Waals surface area contributed by atoms with Gasteiger partial charge in [-0.2, -0.15) is 4.31 Å². The summed E-state index contributed by atoms with van der Waals surface area (Å²) in [5.74, 6) is -0.437. The van der Waals surface area contributed by atoms with Gasteiger partial charge in [-0.3, -0.25) is 32.5 Å². The lowest BCUT2D eigenvalue weighted by Gasteiger charge is -2.30. The van der Waals surface area contributed by atoms with Crippen LogP contribution in [0, 0.1) is 5.41 Å². The first-order valence-corrected chi connectivity index (χ1v) is 24.8. The van der Waals surface area contributed by atoms with Crippen LogP contribution in [0.25, 0.3) is 11.2 Å². The minimum absolute atomic E-state index is 0.0260. The van der Waals surface area contributed by atoms with Crippen molar-refractivity contribution in [1.82, 2.24) is 30.2 Å². The fourth-order valence-electron chi connectivity index (χ4n) is 6.01. The first-order valence-electron chi connectivity index (χ1n) is 19.3. The fourth-order valence-corrected chi connectivity index (χ4v) is 9.64. The number of imidazole rings is 1. The number of ether oxygens (including phenoxy) is 2. The average Bonchev–Trinajstić information content (AvgIpc) is 3.80. The van der Waals surface area contributed by atoms with Crippen molar-refractivity contribution in [3.63, 3.8) is 0 Å². The molecule has 1 aliphatic heterocycles. The van der Waals surface area contributed by atoms with Crippen LogP contribution in [0.2, 0.25) is 0 Å². The predicted octanol–water partition coefficient (Wildman–Crippen LogP) is 2.26. The molecule has 0 saturated carbocycles. The molecule has 8 atom stereocenters. The first kappa shape index (κ1) is 51.8. The number of hydrogen-bond acceptors (Lipinski definition) is 19. The van der Waals surface area contributed by atoms with E-state index in [1.54, 1.807) is 25.1 Å². The number of anilines is 1. The first-order chi connectivity index (χ1) is 30.4. The maximum atomic E-state index is 12.8. The molecule has 2 aromatic carbocycles. The number of fused-ring (bicyclic) bond motifs is 1. The molecule has 356 valence electrons. The third-order valence-electron chi connectivity index (χ3n) is 9.44. The summed E-state index contributed by atoms with van der Waals surface area (Å²) in [6, 6.07) is 16.4. The monoisotopic (exact) mass is 991 g/mol. The molecule has 65 heavy (non-hydrogen) atoms. The van der Waals surface area contributed by atoms with E-state index in [-0.39, 0.29) is 47.4 Å². The van der Waals surface area contributed by atoms with Crippen LogP contribution in [0.5, 0.6) is 11.5 Å². The fraction of sp³-hybridized carbons (Fsp3) is 0.444. The number of carbonyl (C=O) groups is 3. The van der Waals surface area contributed by atoms with Crippen molar-refractivity contribution < 1.29 is 85.2 Å². The molecule has 0 aliphatic carbocycles. The second-order valence-corrected chi connectivity index (χ2v) is 20.3. The second kappa shape index (κ2) is 22.1. The van der Waals surface area contributed by atoms with Crippen molar-refractivity contribution in [2.75, 3.05) is 37.8 Å². The van der Waals surface area contributed by atoms with Gasteiger partial charge < -0.3 is 55.6 Å². The number of rotatable bonds is 23. The standard InChI is InChI=1S/C36H48N7O18P3S/c1-21(22-8-7-11-24(16-22)58-23-9-5-4-6-10-23)35(48)65-15-14-38-26(44)12-13-39-33(47)30(46)36(2,3)18-57-64(54,55)61-63(52,53)56-17-25-29(60-62(49,50)51)28(45)34(59-25)43-20-42-27-31(37)40-19-41-32(27)43/h4-11,16,19-21,25,28-30,34,45-46H,12-15,17-18H2,1-3H3,(H,38,44)(H,39,47)(H,52,53)(H,54,55)(H2,37,40,41)(H2,49,50,51)/t21?,25-,28-,29-,30+,34-/m1/s1. The summed E-state index contributed by atoms with van der Waals surface area (Å²) in [5, 5.41) is 26.5. The van der Waals surface area contributed by atoms with Crippen molar-refractivity contribution in [2.45, 2.75) is 63.8 Å². The van der Waals surface area contributed by atoms with Gasteiger partial charge in [-0.25, -0.2) is 28.6 Å². The molecule has 4 aromatic rings. The summed E-state index contributed by atoms with van der Waals surface area (Å²) in [5.41, 5.74) is 5.00. The van der Waals surface area contributed by atoms with E-state index in [4.69, 9.17) is 24.3 Å². The summed E-state index contributed by atoms with van der Waals surface area (Å²) in [6.07, 6.45) is -7.01. The molecule has 5 rings (SSSR count). The maximum Gasteiger partial charge on any atom is 0.481 e. The van der Waals surface area contributed by atoms with Crippen molar-refractivity contribution >= 4 is 69.1 Å². The van der Waals surface area contributed by atoms with Crippen molar-refractivity contribution in [1.29, 1.82) is 0 Å². The van der Waals surface area contributed by atoms with Gasteiger partial charge in [-0.15, -0.1) is 0 Å². The SMILES string of the molecule is CC(C(=O)SCCNC(=O)CCNC(=O)[C@H](O)C(C)(C)COP(=O)(O)OP(=O)(O)OC[C@H]1O[C@@H](n2cnc3c(N)ncnc32)[C@H](O)[C@@H]1OP(=O)(O)O)c1cccc(Oc2ccccc2)c1. The maximum absolute atomic E-state index is 12.8. The quantitative estimate of drug-likeness (QED) is 0.0380. The minimum atomic E-state index is -5.59. The Morgan fingerprint density at radius 2 is 1.65 bits per heavy atom. The van der Waals surface area contributed by atoms with Gasteiger partial charge in [0.1, 0.15) is 47.8 Å². The van der Waals surface area contributed by atoms with Gasteiger partial charge in [0.15, 0.2) is 22.8 Å². The zero-order chi connectivity index (χ0) is 47.7. The Balaban J connectivity index is 1.02. The normalized spacial score (nSPS) is 20.6. The van der Waals surface area contributed by atoms with Crippen LogP contribution in [-0.2, 0) is 50.7 Å². The Bertz CT molecular complexity index is 2450. The summed E-state index contributed by atoms with van der Waals surface area (Å²) >= 11 is 1.04. The van der Waals surface area contributed by atoms with Crippen LogP contribution in [0.15, 0.2) is 67.3 Å². The number of nitrogens with zero attached hydrogens (tertiary/aromatic N) is 4. The lowest BCUT2D eigenvalue weighted by Crippen LogP contribution is -2.46. The molecule has 1 aliphatic rings. The molecule has 0 radical (unpaired) electrons. The highest BCUT2D eigenvalue weighted by molar-refractivity contribution is 8.13. The Morgan fingerprint density at radius 3 is 2.35 bits per heavy atom. The minimum Gasteiger partial charge on any atom is -0.457 e. The van der Waals surface area contributed by atoms with Gasteiger partial charge in [0.2, 0.25) is 11.8 Å². The number of nitrogens with two attached hydrogens (primary N) is 1. The van der Waals surface area contributed by atoms with E-state index in [1.165, 1.54) is 13.8 Å². The number of nitrogens with one attached hydrogen (secondary N) is 2. The summed E-state index contributed by atoms with van der Waals surface area (Å²) in [7, 11) is -16.5. The number of benzene rings is 2. The number of carbonyl (C=O) groups excluding carboxylic acids is 3. The van der Waals surface area contributed by atoms with Crippen LogP contribution in [0.1, 0.15) is 44.9 Å². The Kier molecular flexibility index (Phi) is 17.6. The van der Waals surface area contributed by atoms with Crippen LogP contribution in [-0.4, -0.2) is 123 Å². The molecule has 1 fully saturated rings. The highest BCUT2D eigenvalue weighted by Gasteiger charge is 2.50. The predicted molar refractivity (Wildman–Crippen MR) is 228 cm³/mol. The van der Waals surface area contributed by atoms with Gasteiger partial charge in [0, 0.05) is 30.7 Å². The van der Waals surface area contributed by atoms with Gasteiger partial charge >= 0.3 is 23.5 Å². The molecule has 2 amide bonds. The zero-order valence-corrected chi connectivity index (χ0v) is 38.3. The molecule has 10 N–H and O–H groups in total. The van der Waals surface area contributed by atoms with Gasteiger partial charge in [0.25, 0.3) is 0 Å². The number of amides is 2. The van der Waals surface area contributed by atoms with Gasteiger partial charge in [-0.05, 0) is 29.8 Å². The summed E-state index contributed by atoms with van der Waals surface area (Å²) in [4.78, 5) is 89.1. The lowest BCUT2D eigenvalue weighted by atomic mass is 9.87. The van der Waals surface area contributed by atoms with E-state index in [2.05, 4.69) is 34.4 Å². The second-order valence-electron chi connectivity index (χ2n) is 14.9. The number of aliphatic hydroxyl groups excluding tert-OH is 2. The number of para-hydroxylation sites is 1. The van der Waals surface area contributed by atoms with E-state index in [9.17, 15) is 57.9 Å². The highest BCUT2D eigenvalue weighted by atomic mass is 32.2. The van der Waals surface area contributed by atoms with E-state index in [0.29, 0.717) is 11.5 Å². The van der Waals surface area contributed by atoms with Crippen LogP contribution in [0.3, 0.4) is 0 Å². The van der Waals surface area contributed by atoms with Gasteiger partial charge in [-0.1, -0.05) is 62.9 Å². The third-order valence-corrected chi connectivity index (χ3v) is 13.6. The number of aromatic nitrogens is 4. The Morgan fingerprint density at radius 1 is 0.954 bits per heavy atom. The van der Waals surface area contributed by atoms with E-state index >= 15 is 0 Å². The molecule has 2 aromatic heterocycles. The number of hydrogen-bond donors (Lipinski definition) is 9. The summed E-state index contributed by atoms with van der Waals surface area (Å²) < 4.78 is 68.3. The van der Waals surface area contributed by atoms with Crippen molar-refractivity contribution in [2.24, 2.45) is 5.41 Å². The summed E-state index contributed by atoms with van der Waals surface area (Å²) in [6.45, 7) is 2.15. The van der Waals surface area contributed by atoms with Crippen molar-refractivity contribution in [3.05, 3.63) is 72.8 Å². The molecular formula is C36H48N7O18P3S. The molecule has 3 unspecified atom stereocenters. The number of phosphoric acid groups is 3. The lowest BCUT2D eigenvalue weighted by molar-refractivity contribution is -0.137.